The minimum atomic E-state index is -0.986. The van der Waals surface area contributed by atoms with E-state index in [2.05, 4.69) is 22.5 Å². The van der Waals surface area contributed by atoms with Gasteiger partial charge in [0.2, 0.25) is 5.69 Å². The van der Waals surface area contributed by atoms with E-state index in [1.54, 1.807) is 30.0 Å². The van der Waals surface area contributed by atoms with Crippen LogP contribution in [0.1, 0.15) is 14.5 Å². The highest BCUT2D eigenvalue weighted by molar-refractivity contribution is 7.98. The van der Waals surface area contributed by atoms with Crippen molar-refractivity contribution >= 4 is 46.1 Å². The van der Waals surface area contributed by atoms with Gasteiger partial charge in [-0.15, -0.1) is 34.4 Å². The maximum Gasteiger partial charge on any atom is 0.345 e. The molecule has 3 rings (SSSR count). The number of carboxylic acids is 1. The van der Waals surface area contributed by atoms with Gasteiger partial charge in [-0.2, -0.15) is 0 Å². The molecule has 0 unspecified atom stereocenters. The molecule has 0 amide bonds. The standard InChI is InChI=1S/C18H13NO2S3/c1-10-15(19-2)14(17(24-10)18(20)21)11-4-6-12(7-5-11)16-13(22-3)8-9-23-16/h4-9H,1,3H3,(H,20,21). The Balaban J connectivity index is 2.10. The number of carboxylic acid groups (broad SMARTS) is 1. The maximum atomic E-state index is 11.5. The summed E-state index contributed by atoms with van der Waals surface area (Å²) in [4.78, 5) is 18.5. The third-order valence-corrected chi connectivity index (χ3v) is 6.60. The number of carbonyl (C=O) groups is 1. The highest BCUT2D eigenvalue weighted by Crippen LogP contribution is 2.43. The van der Waals surface area contributed by atoms with E-state index in [1.807, 2.05) is 24.3 Å². The molecule has 6 heteroatoms. The zero-order valence-electron chi connectivity index (χ0n) is 13.0. The molecule has 24 heavy (non-hydrogen) atoms. The second-order valence-electron chi connectivity index (χ2n) is 5.02. The fourth-order valence-corrected chi connectivity index (χ4v) is 5.28. The molecule has 0 saturated heterocycles. The van der Waals surface area contributed by atoms with E-state index in [4.69, 9.17) is 6.57 Å². The number of rotatable bonds is 4. The molecule has 0 saturated carbocycles. The van der Waals surface area contributed by atoms with Crippen LogP contribution in [0.15, 0.2) is 40.6 Å². The first-order valence-corrected chi connectivity index (χ1v) is 9.95. The van der Waals surface area contributed by atoms with E-state index < -0.39 is 5.97 Å². The predicted octanol–water partition coefficient (Wildman–Crippen LogP) is 6.42. The summed E-state index contributed by atoms with van der Waals surface area (Å²) in [6, 6.07) is 9.89. The van der Waals surface area contributed by atoms with Crippen molar-refractivity contribution in [1.82, 2.24) is 0 Å². The largest absolute Gasteiger partial charge is 0.477 e. The van der Waals surface area contributed by atoms with Crippen LogP contribution in [-0.2, 0) is 0 Å². The van der Waals surface area contributed by atoms with Gasteiger partial charge in [-0.05, 0) is 35.8 Å². The molecule has 0 radical (unpaired) electrons. The van der Waals surface area contributed by atoms with Gasteiger partial charge in [-0.1, -0.05) is 24.3 Å². The summed E-state index contributed by atoms with van der Waals surface area (Å²) < 4.78 is 0. The molecule has 1 N–H and O–H groups in total. The number of hydrogen-bond donors (Lipinski definition) is 1. The Bertz CT molecular complexity index is 946. The Morgan fingerprint density at radius 2 is 1.88 bits per heavy atom. The van der Waals surface area contributed by atoms with Crippen LogP contribution in [0.25, 0.3) is 26.4 Å². The summed E-state index contributed by atoms with van der Waals surface area (Å²) in [6.45, 7) is 9.17. The molecule has 0 bridgehead atoms. The van der Waals surface area contributed by atoms with Gasteiger partial charge in [0.1, 0.15) is 4.88 Å². The second kappa shape index (κ2) is 6.81. The number of hydrogen-bond acceptors (Lipinski definition) is 4. The molecule has 120 valence electrons. The normalized spacial score (nSPS) is 10.5. The van der Waals surface area contributed by atoms with Gasteiger partial charge in [-0.3, -0.25) is 0 Å². The summed E-state index contributed by atoms with van der Waals surface area (Å²) >= 11 is 4.56. The molecule has 3 aromatic rings. The first-order valence-electron chi connectivity index (χ1n) is 7.03. The Morgan fingerprint density at radius 3 is 2.46 bits per heavy atom. The number of aromatic carboxylic acids is 1. The van der Waals surface area contributed by atoms with Crippen LogP contribution in [0.4, 0.5) is 5.69 Å². The molecule has 0 aliphatic rings. The lowest BCUT2D eigenvalue weighted by Crippen LogP contribution is -1.94. The van der Waals surface area contributed by atoms with Crippen LogP contribution in [-0.4, -0.2) is 17.3 Å². The molecular formula is C18H13NO2S3. The van der Waals surface area contributed by atoms with Crippen molar-refractivity contribution in [3.05, 3.63) is 56.9 Å². The van der Waals surface area contributed by atoms with Crippen LogP contribution >= 0.6 is 34.4 Å². The topological polar surface area (TPSA) is 41.7 Å². The minimum Gasteiger partial charge on any atom is -0.477 e. The molecule has 3 nitrogen and oxygen atoms in total. The molecule has 2 aromatic heterocycles. The second-order valence-corrected chi connectivity index (χ2v) is 8.01. The third-order valence-electron chi connectivity index (χ3n) is 3.64. The predicted molar refractivity (Wildman–Crippen MR) is 103 cm³/mol. The molecule has 2 heterocycles. The van der Waals surface area contributed by atoms with Crippen molar-refractivity contribution in [2.24, 2.45) is 0 Å². The summed E-state index contributed by atoms with van der Waals surface area (Å²) in [6.07, 6.45) is 2.05. The van der Waals surface area contributed by atoms with E-state index in [9.17, 15) is 9.90 Å². The van der Waals surface area contributed by atoms with E-state index in [1.165, 1.54) is 9.77 Å². The Hall–Kier alpha value is -2.07. The van der Waals surface area contributed by atoms with Crippen molar-refractivity contribution in [2.45, 2.75) is 11.8 Å². The Morgan fingerprint density at radius 1 is 1.21 bits per heavy atom. The maximum absolute atomic E-state index is 11.5. The Kier molecular flexibility index (Phi) is 4.76. The van der Waals surface area contributed by atoms with Gasteiger partial charge in [-0.25, -0.2) is 9.64 Å². The van der Waals surface area contributed by atoms with Crippen LogP contribution in [0, 0.1) is 13.5 Å². The molecule has 0 atom stereocenters. The third kappa shape index (κ3) is 2.86. The van der Waals surface area contributed by atoms with Crippen molar-refractivity contribution in [2.75, 3.05) is 6.26 Å². The summed E-state index contributed by atoms with van der Waals surface area (Å²) in [5.74, 6) is -0.986. The Labute approximate surface area is 152 Å². The summed E-state index contributed by atoms with van der Waals surface area (Å²) in [5, 5.41) is 11.5. The van der Waals surface area contributed by atoms with Crippen LogP contribution < -0.4 is 0 Å². The average Bonchev–Trinajstić information content (AvgIpc) is 3.18. The molecule has 0 aliphatic carbocycles. The zero-order valence-corrected chi connectivity index (χ0v) is 15.4. The van der Waals surface area contributed by atoms with E-state index in [-0.39, 0.29) is 4.88 Å². The number of benzene rings is 1. The highest BCUT2D eigenvalue weighted by atomic mass is 32.2. The molecule has 0 spiro atoms. The number of thiophene rings is 2. The quantitative estimate of drug-likeness (QED) is 0.425. The van der Waals surface area contributed by atoms with Gasteiger partial charge in [0.15, 0.2) is 0 Å². The van der Waals surface area contributed by atoms with Crippen LogP contribution in [0.3, 0.4) is 0 Å². The van der Waals surface area contributed by atoms with Gasteiger partial charge in [0.05, 0.1) is 6.57 Å². The van der Waals surface area contributed by atoms with E-state index >= 15 is 0 Å². The van der Waals surface area contributed by atoms with Crippen molar-refractivity contribution in [3.8, 4) is 21.6 Å². The monoisotopic (exact) mass is 371 g/mol. The van der Waals surface area contributed by atoms with E-state index in [0.717, 1.165) is 27.3 Å². The van der Waals surface area contributed by atoms with Gasteiger partial charge < -0.3 is 5.11 Å². The lowest BCUT2D eigenvalue weighted by Gasteiger charge is -2.06. The molecule has 0 aliphatic heterocycles. The number of nitrogens with zero attached hydrogens (tertiary/aromatic N) is 1. The van der Waals surface area contributed by atoms with Crippen molar-refractivity contribution < 1.29 is 9.90 Å². The van der Waals surface area contributed by atoms with Crippen LogP contribution in [0.2, 0.25) is 0 Å². The fourth-order valence-electron chi connectivity index (χ4n) is 2.55. The number of thioether (sulfide) groups is 1. The smallest absolute Gasteiger partial charge is 0.345 e. The number of aryl methyl sites for hydroxylation is 1. The lowest BCUT2D eigenvalue weighted by molar-refractivity contribution is 0.0703. The van der Waals surface area contributed by atoms with E-state index in [0.29, 0.717) is 11.3 Å². The van der Waals surface area contributed by atoms with Gasteiger partial charge in [0.25, 0.3) is 0 Å². The summed E-state index contributed by atoms with van der Waals surface area (Å²) in [5.41, 5.74) is 2.84. The summed E-state index contributed by atoms with van der Waals surface area (Å²) in [7, 11) is 0. The molecular weight excluding hydrogens is 358 g/mol. The lowest BCUT2D eigenvalue weighted by atomic mass is 10.0. The van der Waals surface area contributed by atoms with Gasteiger partial charge in [0, 0.05) is 20.2 Å². The van der Waals surface area contributed by atoms with Crippen LogP contribution in [0.5, 0.6) is 0 Å². The first-order chi connectivity index (χ1) is 11.6. The average molecular weight is 372 g/mol. The zero-order chi connectivity index (χ0) is 17.3. The molecule has 0 fully saturated rings. The fraction of sp³-hybridized carbons (Fsp3) is 0.111. The SMILES string of the molecule is [C-]#[N+]c1c(C)sc(C(=O)O)c1-c1ccc(-c2sccc2SC)cc1. The first kappa shape index (κ1) is 16.8. The van der Waals surface area contributed by atoms with Crippen molar-refractivity contribution in [3.63, 3.8) is 0 Å². The highest BCUT2D eigenvalue weighted by Gasteiger charge is 2.22. The molecule has 1 aromatic carbocycles. The van der Waals surface area contributed by atoms with Crippen molar-refractivity contribution in [1.29, 1.82) is 0 Å². The van der Waals surface area contributed by atoms with Gasteiger partial charge >= 0.3 is 5.97 Å². The minimum absolute atomic E-state index is 0.229.